The molecule has 0 saturated carbocycles. The van der Waals surface area contributed by atoms with Gasteiger partial charge in [-0.3, -0.25) is 0 Å². The summed E-state index contributed by atoms with van der Waals surface area (Å²) in [4.78, 5) is 4.27. The lowest BCUT2D eigenvalue weighted by Gasteiger charge is -2.10. The van der Waals surface area contributed by atoms with Crippen LogP contribution in [-0.2, 0) is 0 Å². The van der Waals surface area contributed by atoms with Crippen LogP contribution in [0.15, 0.2) is 16.7 Å². The van der Waals surface area contributed by atoms with Gasteiger partial charge in [0.05, 0.1) is 12.5 Å². The minimum Gasteiger partial charge on any atom is -0.495 e. The fourth-order valence-corrected chi connectivity index (χ4v) is 1.51. The van der Waals surface area contributed by atoms with E-state index in [-0.39, 0.29) is 5.38 Å². The maximum atomic E-state index is 6.08. The van der Waals surface area contributed by atoms with Crippen LogP contribution in [0.25, 0.3) is 0 Å². The Morgan fingerprint density at radius 1 is 1.62 bits per heavy atom. The summed E-state index contributed by atoms with van der Waals surface area (Å²) in [5.74, 6) is 0.741. The third-order valence-corrected chi connectivity index (χ3v) is 2.68. The molecule has 13 heavy (non-hydrogen) atoms. The zero-order valence-corrected chi connectivity index (χ0v) is 9.89. The van der Waals surface area contributed by atoms with Gasteiger partial charge < -0.3 is 4.74 Å². The lowest BCUT2D eigenvalue weighted by Crippen LogP contribution is -1.98. The topological polar surface area (TPSA) is 22.1 Å². The van der Waals surface area contributed by atoms with Crippen molar-refractivity contribution in [3.63, 3.8) is 0 Å². The Labute approximate surface area is 91.4 Å². The summed E-state index contributed by atoms with van der Waals surface area (Å²) >= 11 is 9.38. The smallest absolute Gasteiger partial charge is 0.141 e. The summed E-state index contributed by atoms with van der Waals surface area (Å²) in [6.07, 6.45) is 0.835. The monoisotopic (exact) mass is 263 g/mol. The van der Waals surface area contributed by atoms with Gasteiger partial charge in [-0.1, -0.05) is 6.92 Å². The van der Waals surface area contributed by atoms with E-state index in [9.17, 15) is 0 Å². The van der Waals surface area contributed by atoms with Gasteiger partial charge >= 0.3 is 0 Å². The van der Waals surface area contributed by atoms with E-state index in [4.69, 9.17) is 16.3 Å². The van der Waals surface area contributed by atoms with Crippen LogP contribution < -0.4 is 4.74 Å². The van der Waals surface area contributed by atoms with Crippen LogP contribution in [0.1, 0.15) is 24.4 Å². The van der Waals surface area contributed by atoms with Crippen molar-refractivity contribution in [1.82, 2.24) is 4.98 Å². The van der Waals surface area contributed by atoms with Gasteiger partial charge in [0.15, 0.2) is 0 Å². The van der Waals surface area contributed by atoms with Crippen molar-refractivity contribution < 1.29 is 4.74 Å². The molecule has 0 saturated heterocycles. The van der Waals surface area contributed by atoms with E-state index in [0.717, 1.165) is 22.5 Å². The molecule has 1 aromatic heterocycles. The molecule has 0 fully saturated rings. The Kier molecular flexibility index (Phi) is 4.00. The predicted octanol–water partition coefficient (Wildman–Crippen LogP) is 3.54. The van der Waals surface area contributed by atoms with Crippen molar-refractivity contribution >= 4 is 27.5 Å². The molecule has 0 amide bonds. The van der Waals surface area contributed by atoms with E-state index in [0.29, 0.717) is 0 Å². The summed E-state index contributed by atoms with van der Waals surface area (Å²) in [6, 6.07) is 3.69. The molecule has 1 aromatic rings. The highest BCUT2D eigenvalue weighted by atomic mass is 79.9. The SMILES string of the molecule is CCC(Cl)c1nc(Br)ccc1OC. The molecule has 0 aromatic carbocycles. The third-order valence-electron chi connectivity index (χ3n) is 1.73. The van der Waals surface area contributed by atoms with Crippen LogP contribution in [0.4, 0.5) is 0 Å². The van der Waals surface area contributed by atoms with E-state index in [1.807, 2.05) is 19.1 Å². The number of pyridine rings is 1. The molecule has 1 atom stereocenters. The molecule has 1 rings (SSSR count). The van der Waals surface area contributed by atoms with Crippen LogP contribution in [-0.4, -0.2) is 12.1 Å². The first-order valence-corrected chi connectivity index (χ1v) is 5.26. The van der Waals surface area contributed by atoms with Crippen molar-refractivity contribution in [3.8, 4) is 5.75 Å². The number of rotatable bonds is 3. The number of alkyl halides is 1. The average Bonchev–Trinajstić information content (AvgIpc) is 2.16. The first-order chi connectivity index (χ1) is 6.19. The Balaban J connectivity index is 3.07. The standard InChI is InChI=1S/C9H11BrClNO/c1-3-6(11)9-7(13-2)4-5-8(10)12-9/h4-6H,3H2,1-2H3. The molecule has 72 valence electrons. The molecule has 0 N–H and O–H groups in total. The molecule has 0 spiro atoms. The van der Waals surface area contributed by atoms with Gasteiger partial charge in [0.1, 0.15) is 16.0 Å². The summed E-state index contributed by atoms with van der Waals surface area (Å²) in [5.41, 5.74) is 0.793. The van der Waals surface area contributed by atoms with Crippen molar-refractivity contribution in [1.29, 1.82) is 0 Å². The highest BCUT2D eigenvalue weighted by Crippen LogP contribution is 2.31. The Morgan fingerprint density at radius 3 is 2.85 bits per heavy atom. The highest BCUT2D eigenvalue weighted by molar-refractivity contribution is 9.10. The van der Waals surface area contributed by atoms with Crippen molar-refractivity contribution in [3.05, 3.63) is 22.4 Å². The van der Waals surface area contributed by atoms with E-state index in [2.05, 4.69) is 20.9 Å². The highest BCUT2D eigenvalue weighted by Gasteiger charge is 2.13. The van der Waals surface area contributed by atoms with Crippen LogP contribution in [0, 0.1) is 0 Å². The normalized spacial score (nSPS) is 12.6. The average molecular weight is 265 g/mol. The van der Waals surface area contributed by atoms with Crippen LogP contribution in [0.3, 0.4) is 0 Å². The number of aromatic nitrogens is 1. The van der Waals surface area contributed by atoms with E-state index < -0.39 is 0 Å². The summed E-state index contributed by atoms with van der Waals surface area (Å²) in [6.45, 7) is 2.01. The van der Waals surface area contributed by atoms with Gasteiger partial charge in [0.2, 0.25) is 0 Å². The molecule has 4 heteroatoms. The first kappa shape index (κ1) is 10.8. The number of methoxy groups -OCH3 is 1. The van der Waals surface area contributed by atoms with Crippen molar-refractivity contribution in [2.45, 2.75) is 18.7 Å². The molecule has 0 aliphatic carbocycles. The van der Waals surface area contributed by atoms with Crippen molar-refractivity contribution in [2.24, 2.45) is 0 Å². The van der Waals surface area contributed by atoms with Gasteiger partial charge in [-0.15, -0.1) is 11.6 Å². The zero-order chi connectivity index (χ0) is 9.84. The Bertz CT molecular complexity index is 293. The number of hydrogen-bond acceptors (Lipinski definition) is 2. The number of ether oxygens (including phenoxy) is 1. The summed E-state index contributed by atoms with van der Waals surface area (Å²) in [7, 11) is 1.62. The fourth-order valence-electron chi connectivity index (χ4n) is 1.03. The molecular formula is C9H11BrClNO. The first-order valence-electron chi connectivity index (χ1n) is 4.03. The van der Waals surface area contributed by atoms with Gasteiger partial charge in [-0.25, -0.2) is 4.98 Å². The summed E-state index contributed by atoms with van der Waals surface area (Å²) < 4.78 is 5.94. The summed E-state index contributed by atoms with van der Waals surface area (Å²) in [5, 5.41) is -0.0903. The lowest BCUT2D eigenvalue weighted by molar-refractivity contribution is 0.405. The fraction of sp³-hybridized carbons (Fsp3) is 0.444. The zero-order valence-electron chi connectivity index (χ0n) is 7.55. The van der Waals surface area contributed by atoms with Crippen LogP contribution in [0.5, 0.6) is 5.75 Å². The van der Waals surface area contributed by atoms with Gasteiger partial charge in [-0.05, 0) is 34.5 Å². The van der Waals surface area contributed by atoms with Crippen LogP contribution in [0.2, 0.25) is 0 Å². The van der Waals surface area contributed by atoms with E-state index in [1.165, 1.54) is 0 Å². The molecule has 2 nitrogen and oxygen atoms in total. The number of nitrogens with zero attached hydrogens (tertiary/aromatic N) is 1. The third kappa shape index (κ3) is 2.58. The predicted molar refractivity (Wildman–Crippen MR) is 57.4 cm³/mol. The van der Waals surface area contributed by atoms with Crippen LogP contribution >= 0.6 is 27.5 Å². The van der Waals surface area contributed by atoms with Gasteiger partial charge in [0, 0.05) is 0 Å². The van der Waals surface area contributed by atoms with Gasteiger partial charge in [-0.2, -0.15) is 0 Å². The largest absolute Gasteiger partial charge is 0.495 e. The molecular weight excluding hydrogens is 253 g/mol. The molecule has 0 radical (unpaired) electrons. The minimum absolute atomic E-state index is 0.0903. The Morgan fingerprint density at radius 2 is 2.31 bits per heavy atom. The second-order valence-electron chi connectivity index (χ2n) is 2.60. The molecule has 1 heterocycles. The molecule has 0 aliphatic rings. The maximum absolute atomic E-state index is 6.08. The minimum atomic E-state index is -0.0903. The quantitative estimate of drug-likeness (QED) is 0.615. The number of halogens is 2. The Hall–Kier alpha value is -0.280. The number of hydrogen-bond donors (Lipinski definition) is 0. The van der Waals surface area contributed by atoms with Gasteiger partial charge in [0.25, 0.3) is 0 Å². The van der Waals surface area contributed by atoms with E-state index >= 15 is 0 Å². The molecule has 1 unspecified atom stereocenters. The lowest BCUT2D eigenvalue weighted by atomic mass is 10.2. The molecule has 0 bridgehead atoms. The van der Waals surface area contributed by atoms with E-state index in [1.54, 1.807) is 7.11 Å². The second kappa shape index (κ2) is 4.82. The molecule has 0 aliphatic heterocycles. The van der Waals surface area contributed by atoms with Crippen molar-refractivity contribution in [2.75, 3.05) is 7.11 Å². The second-order valence-corrected chi connectivity index (χ2v) is 3.94. The maximum Gasteiger partial charge on any atom is 0.141 e.